The zero-order valence-electron chi connectivity index (χ0n) is 17.1. The SMILES string of the molecule is CCOc1ccc(-c2c(C)sc(NC(=O)COc3ccccc3)c2C(=O)OC)cc1. The molecule has 1 heterocycles. The van der Waals surface area contributed by atoms with Crippen LogP contribution in [0.15, 0.2) is 54.6 Å². The number of aryl methyl sites for hydroxylation is 1. The van der Waals surface area contributed by atoms with Crippen LogP contribution < -0.4 is 14.8 Å². The molecule has 0 radical (unpaired) electrons. The molecule has 0 aliphatic carbocycles. The second kappa shape index (κ2) is 9.93. The van der Waals surface area contributed by atoms with Crippen molar-refractivity contribution in [2.75, 3.05) is 25.6 Å². The summed E-state index contributed by atoms with van der Waals surface area (Å²) in [5.41, 5.74) is 1.90. The third-order valence-electron chi connectivity index (χ3n) is 4.29. The largest absolute Gasteiger partial charge is 0.494 e. The maximum Gasteiger partial charge on any atom is 0.341 e. The Labute approximate surface area is 179 Å². The Morgan fingerprint density at radius 2 is 1.63 bits per heavy atom. The summed E-state index contributed by atoms with van der Waals surface area (Å²) < 4.78 is 16.0. The number of anilines is 1. The number of para-hydroxylation sites is 1. The van der Waals surface area contributed by atoms with Crippen molar-refractivity contribution in [3.8, 4) is 22.6 Å². The number of carbonyl (C=O) groups excluding carboxylic acids is 2. The summed E-state index contributed by atoms with van der Waals surface area (Å²) in [6.45, 7) is 4.23. The first-order valence-electron chi connectivity index (χ1n) is 9.46. The molecular formula is C23H23NO5S. The van der Waals surface area contributed by atoms with Crippen LogP contribution in [0.2, 0.25) is 0 Å². The molecule has 0 fully saturated rings. The molecule has 7 heteroatoms. The minimum Gasteiger partial charge on any atom is -0.494 e. The molecule has 0 unspecified atom stereocenters. The zero-order valence-corrected chi connectivity index (χ0v) is 17.9. The summed E-state index contributed by atoms with van der Waals surface area (Å²) in [7, 11) is 1.32. The standard InChI is InChI=1S/C23H23NO5S/c1-4-28-18-12-10-16(11-13-18)20-15(2)30-22(21(20)23(26)27-3)24-19(25)14-29-17-8-6-5-7-9-17/h5-13H,4,14H2,1-3H3,(H,24,25). The van der Waals surface area contributed by atoms with Crippen molar-refractivity contribution >= 4 is 28.2 Å². The van der Waals surface area contributed by atoms with Gasteiger partial charge in [0.25, 0.3) is 5.91 Å². The number of hydrogen-bond acceptors (Lipinski definition) is 6. The Morgan fingerprint density at radius 3 is 2.27 bits per heavy atom. The molecule has 1 amide bonds. The average Bonchev–Trinajstić information content (AvgIpc) is 3.08. The number of amides is 1. The molecule has 2 aromatic carbocycles. The summed E-state index contributed by atoms with van der Waals surface area (Å²) in [6.07, 6.45) is 0. The zero-order chi connectivity index (χ0) is 21.5. The summed E-state index contributed by atoms with van der Waals surface area (Å²) in [6, 6.07) is 16.5. The highest BCUT2D eigenvalue weighted by Crippen LogP contribution is 2.40. The molecule has 30 heavy (non-hydrogen) atoms. The lowest BCUT2D eigenvalue weighted by atomic mass is 10.0. The molecule has 156 valence electrons. The quantitative estimate of drug-likeness (QED) is 0.518. The molecule has 0 saturated heterocycles. The highest BCUT2D eigenvalue weighted by molar-refractivity contribution is 7.17. The van der Waals surface area contributed by atoms with Crippen LogP contribution in [0.1, 0.15) is 22.2 Å². The van der Waals surface area contributed by atoms with Gasteiger partial charge in [-0.15, -0.1) is 11.3 Å². The fourth-order valence-corrected chi connectivity index (χ4v) is 4.07. The predicted molar refractivity (Wildman–Crippen MR) is 118 cm³/mol. The Bertz CT molecular complexity index is 1010. The van der Waals surface area contributed by atoms with Crippen LogP contribution in [0.4, 0.5) is 5.00 Å². The molecule has 0 bridgehead atoms. The molecular weight excluding hydrogens is 402 g/mol. The number of hydrogen-bond donors (Lipinski definition) is 1. The molecule has 6 nitrogen and oxygen atoms in total. The number of nitrogens with one attached hydrogen (secondary N) is 1. The molecule has 3 rings (SSSR count). The Balaban J connectivity index is 1.85. The predicted octanol–water partition coefficient (Wildman–Crippen LogP) is 4.93. The molecule has 0 atom stereocenters. The Morgan fingerprint density at radius 1 is 0.967 bits per heavy atom. The minimum atomic E-state index is -0.512. The first-order chi connectivity index (χ1) is 14.5. The first kappa shape index (κ1) is 21.4. The van der Waals surface area contributed by atoms with Crippen molar-refractivity contribution in [3.05, 3.63) is 65.0 Å². The fourth-order valence-electron chi connectivity index (χ4n) is 2.99. The van der Waals surface area contributed by atoms with Gasteiger partial charge >= 0.3 is 5.97 Å². The van der Waals surface area contributed by atoms with E-state index >= 15 is 0 Å². The van der Waals surface area contributed by atoms with E-state index in [1.54, 1.807) is 12.1 Å². The molecule has 0 aliphatic rings. The Hall–Kier alpha value is -3.32. The van der Waals surface area contributed by atoms with E-state index in [1.807, 2.05) is 56.3 Å². The highest BCUT2D eigenvalue weighted by Gasteiger charge is 2.25. The van der Waals surface area contributed by atoms with Crippen molar-refractivity contribution in [1.29, 1.82) is 0 Å². The van der Waals surface area contributed by atoms with Crippen LogP contribution in [-0.4, -0.2) is 32.2 Å². The number of rotatable bonds is 8. The molecule has 0 aliphatic heterocycles. The number of carbonyl (C=O) groups is 2. The van der Waals surface area contributed by atoms with Crippen LogP contribution in [0, 0.1) is 6.92 Å². The van der Waals surface area contributed by atoms with E-state index in [9.17, 15) is 9.59 Å². The van der Waals surface area contributed by atoms with Crippen LogP contribution in [0.25, 0.3) is 11.1 Å². The summed E-state index contributed by atoms with van der Waals surface area (Å²) in [4.78, 5) is 25.9. The lowest BCUT2D eigenvalue weighted by molar-refractivity contribution is -0.118. The maximum absolute atomic E-state index is 12.5. The molecule has 1 aromatic heterocycles. The Kier molecular flexibility index (Phi) is 7.08. The number of methoxy groups -OCH3 is 1. The van der Waals surface area contributed by atoms with Crippen molar-refractivity contribution < 1.29 is 23.8 Å². The third kappa shape index (κ3) is 4.99. The number of esters is 1. The third-order valence-corrected chi connectivity index (χ3v) is 5.31. The van der Waals surface area contributed by atoms with Gasteiger partial charge in [0.15, 0.2) is 6.61 Å². The van der Waals surface area contributed by atoms with Gasteiger partial charge in [-0.05, 0) is 43.7 Å². The minimum absolute atomic E-state index is 0.167. The van der Waals surface area contributed by atoms with Crippen molar-refractivity contribution in [3.63, 3.8) is 0 Å². The van der Waals surface area contributed by atoms with Gasteiger partial charge in [0.05, 0.1) is 13.7 Å². The van der Waals surface area contributed by atoms with Gasteiger partial charge in [0, 0.05) is 10.4 Å². The van der Waals surface area contributed by atoms with Crippen molar-refractivity contribution in [2.45, 2.75) is 13.8 Å². The molecule has 0 saturated carbocycles. The van der Waals surface area contributed by atoms with Crippen LogP contribution in [0.5, 0.6) is 11.5 Å². The normalized spacial score (nSPS) is 10.4. The first-order valence-corrected chi connectivity index (χ1v) is 10.3. The van der Waals surface area contributed by atoms with E-state index < -0.39 is 5.97 Å². The summed E-state index contributed by atoms with van der Waals surface area (Å²) in [5.74, 6) is 0.477. The average molecular weight is 426 g/mol. The fraction of sp³-hybridized carbons (Fsp3) is 0.217. The van der Waals surface area contributed by atoms with Gasteiger partial charge in [-0.3, -0.25) is 4.79 Å². The van der Waals surface area contributed by atoms with E-state index in [0.29, 0.717) is 22.9 Å². The van der Waals surface area contributed by atoms with Crippen molar-refractivity contribution in [1.82, 2.24) is 0 Å². The molecule has 1 N–H and O–H groups in total. The van der Waals surface area contributed by atoms with Gasteiger partial charge in [-0.25, -0.2) is 4.79 Å². The lowest BCUT2D eigenvalue weighted by Gasteiger charge is -2.10. The van der Waals surface area contributed by atoms with Gasteiger partial charge in [-0.2, -0.15) is 0 Å². The van der Waals surface area contributed by atoms with Crippen LogP contribution in [0.3, 0.4) is 0 Å². The maximum atomic E-state index is 12.5. The van der Waals surface area contributed by atoms with E-state index in [-0.39, 0.29) is 12.5 Å². The monoisotopic (exact) mass is 425 g/mol. The number of ether oxygens (including phenoxy) is 3. The second-order valence-corrected chi connectivity index (χ2v) is 7.56. The summed E-state index contributed by atoms with van der Waals surface area (Å²) >= 11 is 1.32. The second-order valence-electron chi connectivity index (χ2n) is 6.34. The van der Waals surface area contributed by atoms with E-state index in [4.69, 9.17) is 14.2 Å². The topological polar surface area (TPSA) is 73.9 Å². The molecule has 0 spiro atoms. The van der Waals surface area contributed by atoms with Crippen molar-refractivity contribution in [2.24, 2.45) is 0 Å². The highest BCUT2D eigenvalue weighted by atomic mass is 32.1. The van der Waals surface area contributed by atoms with Gasteiger partial charge < -0.3 is 19.5 Å². The van der Waals surface area contributed by atoms with E-state index in [2.05, 4.69) is 5.32 Å². The van der Waals surface area contributed by atoms with Crippen LogP contribution >= 0.6 is 11.3 Å². The van der Waals surface area contributed by atoms with Gasteiger partial charge in [-0.1, -0.05) is 30.3 Å². The van der Waals surface area contributed by atoms with Gasteiger partial charge in [0.1, 0.15) is 22.1 Å². The smallest absolute Gasteiger partial charge is 0.341 e. The van der Waals surface area contributed by atoms with Crippen LogP contribution in [-0.2, 0) is 9.53 Å². The number of thiophene rings is 1. The lowest BCUT2D eigenvalue weighted by Crippen LogP contribution is -2.21. The summed E-state index contributed by atoms with van der Waals surface area (Å²) in [5, 5.41) is 3.22. The molecule has 3 aromatic rings. The van der Waals surface area contributed by atoms with E-state index in [1.165, 1.54) is 18.4 Å². The number of benzene rings is 2. The van der Waals surface area contributed by atoms with Gasteiger partial charge in [0.2, 0.25) is 0 Å². The van der Waals surface area contributed by atoms with E-state index in [0.717, 1.165) is 21.8 Å².